The molecule has 1 N–H and O–H groups in total. The van der Waals surface area contributed by atoms with Crippen LogP contribution in [0.2, 0.25) is 0 Å². The van der Waals surface area contributed by atoms with E-state index in [1.807, 2.05) is 4.68 Å². The van der Waals surface area contributed by atoms with Crippen molar-refractivity contribution in [1.29, 1.82) is 0 Å². The molecule has 1 aromatic heterocycles. The van der Waals surface area contributed by atoms with Gasteiger partial charge in [0.05, 0.1) is 6.54 Å². The summed E-state index contributed by atoms with van der Waals surface area (Å²) in [5, 5.41) is 7.85. The molecule has 1 aliphatic heterocycles. The van der Waals surface area contributed by atoms with Crippen molar-refractivity contribution in [2.24, 2.45) is 0 Å². The number of hydrogen-bond donors (Lipinski definition) is 1. The zero-order chi connectivity index (χ0) is 13.1. The van der Waals surface area contributed by atoms with Gasteiger partial charge in [-0.3, -0.25) is 4.90 Å². The molecule has 2 heterocycles. The third-order valence-electron chi connectivity index (χ3n) is 3.67. The highest BCUT2D eigenvalue weighted by Gasteiger charge is 2.22. The molecule has 1 fully saturated rings. The predicted molar refractivity (Wildman–Crippen MR) is 72.4 cm³/mol. The minimum absolute atomic E-state index is 0.375. The van der Waals surface area contributed by atoms with Gasteiger partial charge >= 0.3 is 0 Å². The van der Waals surface area contributed by atoms with Gasteiger partial charge < -0.3 is 5.32 Å². The van der Waals surface area contributed by atoms with Crippen molar-refractivity contribution in [2.75, 3.05) is 13.1 Å². The quantitative estimate of drug-likeness (QED) is 0.883. The van der Waals surface area contributed by atoms with E-state index in [-0.39, 0.29) is 0 Å². The number of hydrogen-bond acceptors (Lipinski definition) is 4. The van der Waals surface area contributed by atoms with Crippen LogP contribution < -0.4 is 5.32 Å². The Morgan fingerprint density at radius 1 is 1.44 bits per heavy atom. The van der Waals surface area contributed by atoms with E-state index in [0.717, 1.165) is 25.5 Å². The summed E-state index contributed by atoms with van der Waals surface area (Å²) in [7, 11) is 0. The van der Waals surface area contributed by atoms with Gasteiger partial charge in [-0.1, -0.05) is 0 Å². The van der Waals surface area contributed by atoms with Crippen LogP contribution >= 0.6 is 0 Å². The van der Waals surface area contributed by atoms with Crippen molar-refractivity contribution >= 4 is 0 Å². The molecule has 102 valence electrons. The number of aromatic nitrogens is 3. The fourth-order valence-corrected chi connectivity index (χ4v) is 2.54. The minimum atomic E-state index is 0.375. The largest absolute Gasteiger partial charge is 0.313 e. The Morgan fingerprint density at radius 2 is 2.22 bits per heavy atom. The molecule has 0 saturated carbocycles. The monoisotopic (exact) mass is 251 g/mol. The van der Waals surface area contributed by atoms with Crippen molar-refractivity contribution in [3.8, 4) is 0 Å². The SMILES string of the molecule is CC1CN(Cc2ncnn2C(C)C)C(C)CCN1. The smallest absolute Gasteiger partial charge is 0.141 e. The van der Waals surface area contributed by atoms with E-state index in [1.165, 1.54) is 6.42 Å². The lowest BCUT2D eigenvalue weighted by atomic mass is 10.2. The summed E-state index contributed by atoms with van der Waals surface area (Å²) >= 11 is 0. The highest BCUT2D eigenvalue weighted by Crippen LogP contribution is 2.14. The molecule has 2 rings (SSSR count). The van der Waals surface area contributed by atoms with E-state index in [9.17, 15) is 0 Å². The van der Waals surface area contributed by atoms with Crippen LogP contribution in [-0.2, 0) is 6.54 Å². The molecule has 5 nitrogen and oxygen atoms in total. The molecule has 0 aromatic carbocycles. The zero-order valence-electron chi connectivity index (χ0n) is 11.9. The Labute approximate surface area is 110 Å². The molecular weight excluding hydrogens is 226 g/mol. The van der Waals surface area contributed by atoms with Crippen LogP contribution in [0.3, 0.4) is 0 Å². The van der Waals surface area contributed by atoms with Gasteiger partial charge in [-0.2, -0.15) is 5.10 Å². The molecule has 1 aromatic rings. The molecule has 0 spiro atoms. The van der Waals surface area contributed by atoms with E-state index in [2.05, 4.69) is 48.0 Å². The van der Waals surface area contributed by atoms with Crippen LogP contribution in [0.15, 0.2) is 6.33 Å². The Morgan fingerprint density at radius 3 is 2.94 bits per heavy atom. The summed E-state index contributed by atoms with van der Waals surface area (Å²) in [6.07, 6.45) is 2.86. The van der Waals surface area contributed by atoms with E-state index in [0.29, 0.717) is 18.1 Å². The third kappa shape index (κ3) is 3.09. The van der Waals surface area contributed by atoms with Gasteiger partial charge in [0.15, 0.2) is 0 Å². The summed E-state index contributed by atoms with van der Waals surface area (Å²) in [5.74, 6) is 1.07. The van der Waals surface area contributed by atoms with Gasteiger partial charge in [-0.05, 0) is 40.7 Å². The second-order valence-electron chi connectivity index (χ2n) is 5.64. The molecule has 0 amide bonds. The van der Waals surface area contributed by atoms with E-state index < -0.39 is 0 Å². The van der Waals surface area contributed by atoms with Crippen LogP contribution in [0, 0.1) is 0 Å². The molecular formula is C13H25N5. The van der Waals surface area contributed by atoms with Gasteiger partial charge in [0, 0.05) is 24.7 Å². The second kappa shape index (κ2) is 5.80. The average Bonchev–Trinajstić information content (AvgIpc) is 2.69. The molecule has 1 saturated heterocycles. The number of rotatable bonds is 3. The van der Waals surface area contributed by atoms with Crippen LogP contribution in [-0.4, -0.2) is 44.8 Å². The predicted octanol–water partition coefficient (Wildman–Crippen LogP) is 1.43. The zero-order valence-corrected chi connectivity index (χ0v) is 11.9. The maximum Gasteiger partial charge on any atom is 0.141 e. The van der Waals surface area contributed by atoms with Gasteiger partial charge in [0.25, 0.3) is 0 Å². The number of nitrogens with one attached hydrogen (secondary N) is 1. The lowest BCUT2D eigenvalue weighted by Gasteiger charge is -2.27. The fraction of sp³-hybridized carbons (Fsp3) is 0.846. The van der Waals surface area contributed by atoms with Gasteiger partial charge in [-0.15, -0.1) is 0 Å². The molecule has 2 atom stereocenters. The Hall–Kier alpha value is -0.940. The van der Waals surface area contributed by atoms with Crippen molar-refractivity contribution in [3.05, 3.63) is 12.2 Å². The van der Waals surface area contributed by atoms with E-state index in [4.69, 9.17) is 0 Å². The average molecular weight is 251 g/mol. The maximum atomic E-state index is 4.41. The first-order valence-corrected chi connectivity index (χ1v) is 6.93. The third-order valence-corrected chi connectivity index (χ3v) is 3.67. The second-order valence-corrected chi connectivity index (χ2v) is 5.64. The van der Waals surface area contributed by atoms with Gasteiger partial charge in [-0.25, -0.2) is 9.67 Å². The van der Waals surface area contributed by atoms with E-state index in [1.54, 1.807) is 6.33 Å². The topological polar surface area (TPSA) is 46.0 Å². The van der Waals surface area contributed by atoms with Gasteiger partial charge in [0.1, 0.15) is 12.2 Å². The molecule has 0 bridgehead atoms. The van der Waals surface area contributed by atoms with Crippen LogP contribution in [0.5, 0.6) is 0 Å². The summed E-state index contributed by atoms with van der Waals surface area (Å²) in [4.78, 5) is 6.92. The molecule has 18 heavy (non-hydrogen) atoms. The molecule has 1 aliphatic rings. The summed E-state index contributed by atoms with van der Waals surface area (Å²) < 4.78 is 2.02. The first-order chi connectivity index (χ1) is 8.58. The van der Waals surface area contributed by atoms with Crippen LogP contribution in [0.25, 0.3) is 0 Å². The molecule has 0 aliphatic carbocycles. The Kier molecular flexibility index (Phi) is 4.35. The van der Waals surface area contributed by atoms with Crippen LogP contribution in [0.1, 0.15) is 46.0 Å². The summed E-state index contributed by atoms with van der Waals surface area (Å²) in [5.41, 5.74) is 0. The first kappa shape index (κ1) is 13.5. The van der Waals surface area contributed by atoms with Crippen molar-refractivity contribution < 1.29 is 0 Å². The number of nitrogens with zero attached hydrogens (tertiary/aromatic N) is 4. The lowest BCUT2D eigenvalue weighted by molar-refractivity contribution is 0.189. The molecule has 0 radical (unpaired) electrons. The van der Waals surface area contributed by atoms with Crippen molar-refractivity contribution in [3.63, 3.8) is 0 Å². The molecule has 2 unspecified atom stereocenters. The summed E-state index contributed by atoms with van der Waals surface area (Å²) in [6, 6.07) is 1.52. The van der Waals surface area contributed by atoms with Crippen molar-refractivity contribution in [2.45, 2.75) is 58.8 Å². The first-order valence-electron chi connectivity index (χ1n) is 6.93. The van der Waals surface area contributed by atoms with Crippen molar-refractivity contribution in [1.82, 2.24) is 25.0 Å². The Bertz CT molecular complexity index is 373. The highest BCUT2D eigenvalue weighted by atomic mass is 15.4. The molecule has 5 heteroatoms. The normalized spacial score (nSPS) is 26.5. The standard InChI is InChI=1S/C13H25N5/c1-10(2)18-13(15-9-16-18)8-17-7-11(3)14-6-5-12(17)4/h9-12,14H,5-8H2,1-4H3. The maximum absolute atomic E-state index is 4.41. The highest BCUT2D eigenvalue weighted by molar-refractivity contribution is 4.89. The summed E-state index contributed by atoms with van der Waals surface area (Å²) in [6.45, 7) is 11.9. The Balaban J connectivity index is 2.08. The fourth-order valence-electron chi connectivity index (χ4n) is 2.54. The van der Waals surface area contributed by atoms with E-state index >= 15 is 0 Å². The minimum Gasteiger partial charge on any atom is -0.313 e. The lowest BCUT2D eigenvalue weighted by Crippen LogP contribution is -2.38. The van der Waals surface area contributed by atoms with Crippen LogP contribution in [0.4, 0.5) is 0 Å². The van der Waals surface area contributed by atoms with Gasteiger partial charge in [0.2, 0.25) is 0 Å².